The molecule has 0 aromatic heterocycles. The monoisotopic (exact) mass is 316 g/mol. The number of allylic oxidation sites excluding steroid dienone is 2. The Balaban J connectivity index is 1.70. The van der Waals surface area contributed by atoms with E-state index in [1.165, 1.54) is 24.0 Å². The van der Waals surface area contributed by atoms with Crippen molar-refractivity contribution in [2.45, 2.75) is 77.9 Å². The van der Waals surface area contributed by atoms with Crippen molar-refractivity contribution in [2.24, 2.45) is 28.6 Å². The molecule has 0 saturated heterocycles. The second-order valence-electron chi connectivity index (χ2n) is 9.11. The Bertz CT molecular complexity index is 562. The Morgan fingerprint density at radius 2 is 1.83 bits per heavy atom. The summed E-state index contributed by atoms with van der Waals surface area (Å²) in [6, 6.07) is 0. The quantitative estimate of drug-likeness (QED) is 0.657. The van der Waals surface area contributed by atoms with Gasteiger partial charge in [0.05, 0.1) is 12.2 Å². The summed E-state index contributed by atoms with van der Waals surface area (Å²) in [4.78, 5) is 0. The van der Waals surface area contributed by atoms with E-state index >= 15 is 0 Å². The lowest BCUT2D eigenvalue weighted by atomic mass is 9.48. The molecule has 0 radical (unpaired) electrons. The van der Waals surface area contributed by atoms with Gasteiger partial charge in [0.25, 0.3) is 0 Å². The first-order chi connectivity index (χ1) is 10.9. The van der Waals surface area contributed by atoms with E-state index in [0.717, 1.165) is 38.0 Å². The first-order valence-electron chi connectivity index (χ1n) is 9.62. The minimum atomic E-state index is -0.222. The molecular formula is C21H32O2. The molecule has 7 unspecified atom stereocenters. The predicted molar refractivity (Wildman–Crippen MR) is 92.9 cm³/mol. The molecule has 2 nitrogen and oxygen atoms in total. The molecule has 7 atom stereocenters. The van der Waals surface area contributed by atoms with Gasteiger partial charge in [-0.05, 0) is 86.0 Å². The maximum absolute atomic E-state index is 10.6. The van der Waals surface area contributed by atoms with Crippen molar-refractivity contribution in [3.63, 3.8) is 0 Å². The maximum Gasteiger partial charge on any atom is 0.0758 e. The van der Waals surface area contributed by atoms with Crippen molar-refractivity contribution in [2.75, 3.05) is 0 Å². The lowest BCUT2D eigenvalue weighted by Gasteiger charge is -2.57. The first kappa shape index (κ1) is 15.9. The third kappa shape index (κ3) is 2.07. The topological polar surface area (TPSA) is 40.5 Å². The molecule has 0 spiro atoms. The Labute approximate surface area is 140 Å². The van der Waals surface area contributed by atoms with Gasteiger partial charge >= 0.3 is 0 Å². The van der Waals surface area contributed by atoms with Crippen LogP contribution in [0.3, 0.4) is 0 Å². The second kappa shape index (κ2) is 5.20. The molecule has 23 heavy (non-hydrogen) atoms. The second-order valence-corrected chi connectivity index (χ2v) is 9.11. The highest BCUT2D eigenvalue weighted by atomic mass is 16.3. The highest BCUT2D eigenvalue weighted by molar-refractivity contribution is 5.31. The van der Waals surface area contributed by atoms with Gasteiger partial charge in [0.2, 0.25) is 0 Å². The average Bonchev–Trinajstić information content (AvgIpc) is 2.77. The summed E-state index contributed by atoms with van der Waals surface area (Å²) >= 11 is 0. The summed E-state index contributed by atoms with van der Waals surface area (Å²) in [5.41, 5.74) is 3.35. The van der Waals surface area contributed by atoms with Crippen LogP contribution in [0.4, 0.5) is 0 Å². The zero-order chi connectivity index (χ0) is 16.4. The lowest BCUT2D eigenvalue weighted by Crippen LogP contribution is -2.49. The van der Waals surface area contributed by atoms with Gasteiger partial charge in [-0.15, -0.1) is 0 Å². The van der Waals surface area contributed by atoms with Gasteiger partial charge in [0, 0.05) is 0 Å². The van der Waals surface area contributed by atoms with Gasteiger partial charge in [-0.2, -0.15) is 0 Å². The predicted octanol–water partition coefficient (Wildman–Crippen LogP) is 4.23. The van der Waals surface area contributed by atoms with E-state index in [1.807, 2.05) is 0 Å². The summed E-state index contributed by atoms with van der Waals surface area (Å²) in [7, 11) is 0. The molecule has 128 valence electrons. The number of rotatable bonds is 0. The van der Waals surface area contributed by atoms with Crippen LogP contribution in [0.25, 0.3) is 0 Å². The molecule has 0 bridgehead atoms. The first-order valence-corrected chi connectivity index (χ1v) is 9.62. The fourth-order valence-electron chi connectivity index (χ4n) is 7.03. The standard InChI is InChI=1S/C21H32O2/c1-4-16-19(23)12-18-15-6-5-13-11-14(22)7-9-20(13,2)17(15)8-10-21(16,18)3/h4-5,14-15,17-19,22-23H,6-12H2,1-3H3/b16-4+. The molecule has 0 heterocycles. The molecule has 4 aliphatic carbocycles. The van der Waals surface area contributed by atoms with Crippen LogP contribution in [0.5, 0.6) is 0 Å². The number of aliphatic hydroxyl groups excluding tert-OH is 2. The van der Waals surface area contributed by atoms with Gasteiger partial charge in [-0.25, -0.2) is 0 Å². The molecule has 0 amide bonds. The summed E-state index contributed by atoms with van der Waals surface area (Å²) in [5.74, 6) is 2.09. The summed E-state index contributed by atoms with van der Waals surface area (Å²) in [5, 5.41) is 20.7. The molecule has 4 aliphatic rings. The van der Waals surface area contributed by atoms with Crippen LogP contribution in [0.15, 0.2) is 23.3 Å². The molecule has 0 aromatic rings. The molecule has 0 aliphatic heterocycles. The van der Waals surface area contributed by atoms with E-state index < -0.39 is 0 Å². The van der Waals surface area contributed by atoms with Crippen molar-refractivity contribution in [3.8, 4) is 0 Å². The molecule has 3 saturated carbocycles. The molecule has 0 aromatic carbocycles. The Hall–Kier alpha value is -0.600. The van der Waals surface area contributed by atoms with Gasteiger partial charge in [-0.1, -0.05) is 31.6 Å². The number of aliphatic hydroxyl groups is 2. The fraction of sp³-hybridized carbons (Fsp3) is 0.810. The molecule has 2 N–H and O–H groups in total. The highest BCUT2D eigenvalue weighted by Gasteiger charge is 2.58. The average molecular weight is 316 g/mol. The zero-order valence-electron chi connectivity index (χ0n) is 14.9. The van der Waals surface area contributed by atoms with Crippen LogP contribution >= 0.6 is 0 Å². The van der Waals surface area contributed by atoms with Crippen molar-refractivity contribution >= 4 is 0 Å². The molecule has 2 heteroatoms. The molecule has 4 rings (SSSR count). The Kier molecular flexibility index (Phi) is 3.59. The Morgan fingerprint density at radius 1 is 1.09 bits per heavy atom. The molecule has 3 fully saturated rings. The van der Waals surface area contributed by atoms with Gasteiger partial charge in [0.1, 0.15) is 0 Å². The van der Waals surface area contributed by atoms with E-state index in [-0.39, 0.29) is 17.6 Å². The van der Waals surface area contributed by atoms with Crippen LogP contribution in [0.2, 0.25) is 0 Å². The maximum atomic E-state index is 10.6. The summed E-state index contributed by atoms with van der Waals surface area (Å²) in [6.07, 6.45) is 11.9. The normalized spacial score (nSPS) is 54.2. The van der Waals surface area contributed by atoms with E-state index in [0.29, 0.717) is 17.3 Å². The summed E-state index contributed by atoms with van der Waals surface area (Å²) < 4.78 is 0. The number of hydrogen-bond donors (Lipinski definition) is 2. The minimum absolute atomic E-state index is 0.123. The highest BCUT2D eigenvalue weighted by Crippen LogP contribution is 2.66. The fourth-order valence-corrected chi connectivity index (χ4v) is 7.03. The smallest absolute Gasteiger partial charge is 0.0758 e. The number of fused-ring (bicyclic) bond motifs is 5. The third-order valence-corrected chi connectivity index (χ3v) is 8.27. The SMILES string of the molecule is C/C=C1\C(O)CC2C3CC=C4CC(O)CCC4(C)C3CCC12C. The minimum Gasteiger partial charge on any atom is -0.393 e. The third-order valence-electron chi connectivity index (χ3n) is 8.27. The zero-order valence-corrected chi connectivity index (χ0v) is 14.9. The van der Waals surface area contributed by atoms with Crippen molar-refractivity contribution < 1.29 is 10.2 Å². The van der Waals surface area contributed by atoms with Crippen LogP contribution in [-0.4, -0.2) is 22.4 Å². The van der Waals surface area contributed by atoms with E-state index in [2.05, 4.69) is 32.9 Å². The van der Waals surface area contributed by atoms with Crippen LogP contribution in [-0.2, 0) is 0 Å². The van der Waals surface area contributed by atoms with Crippen LogP contribution in [0.1, 0.15) is 65.7 Å². The molecular weight excluding hydrogens is 284 g/mol. The van der Waals surface area contributed by atoms with Gasteiger partial charge in [-0.3, -0.25) is 0 Å². The summed E-state index contributed by atoms with van der Waals surface area (Å²) in [6.45, 7) is 6.97. The van der Waals surface area contributed by atoms with Gasteiger partial charge in [0.15, 0.2) is 0 Å². The largest absolute Gasteiger partial charge is 0.393 e. The Morgan fingerprint density at radius 3 is 2.57 bits per heavy atom. The number of hydrogen-bond acceptors (Lipinski definition) is 2. The van der Waals surface area contributed by atoms with Gasteiger partial charge < -0.3 is 10.2 Å². The van der Waals surface area contributed by atoms with Crippen LogP contribution < -0.4 is 0 Å². The van der Waals surface area contributed by atoms with Crippen LogP contribution in [0, 0.1) is 28.6 Å². The van der Waals surface area contributed by atoms with Crippen molar-refractivity contribution in [1.29, 1.82) is 0 Å². The van der Waals surface area contributed by atoms with Crippen molar-refractivity contribution in [3.05, 3.63) is 23.3 Å². The van der Waals surface area contributed by atoms with E-state index in [4.69, 9.17) is 0 Å². The van der Waals surface area contributed by atoms with E-state index in [9.17, 15) is 10.2 Å². The lowest BCUT2D eigenvalue weighted by molar-refractivity contribution is -0.0278. The van der Waals surface area contributed by atoms with Crippen molar-refractivity contribution in [1.82, 2.24) is 0 Å². The van der Waals surface area contributed by atoms with E-state index in [1.54, 1.807) is 0 Å².